The number of rotatable bonds is 4. The van der Waals surface area contributed by atoms with Gasteiger partial charge in [0.15, 0.2) is 0 Å². The number of hydrogen-bond acceptors (Lipinski definition) is 4. The van der Waals surface area contributed by atoms with E-state index in [-0.39, 0.29) is 6.10 Å². The maximum absolute atomic E-state index is 8.62. The monoisotopic (exact) mass is 191 g/mol. The van der Waals surface area contributed by atoms with Crippen molar-refractivity contribution in [3.05, 3.63) is 24.0 Å². The van der Waals surface area contributed by atoms with Crippen LogP contribution in [0.1, 0.15) is 12.6 Å². The molecule has 0 radical (unpaired) electrons. The van der Waals surface area contributed by atoms with E-state index in [4.69, 9.17) is 10.00 Å². The summed E-state index contributed by atoms with van der Waals surface area (Å²) in [6.07, 6.45) is 1.65. The molecule has 0 amide bonds. The van der Waals surface area contributed by atoms with Crippen molar-refractivity contribution in [2.75, 3.05) is 13.6 Å². The number of nitriles is 1. The standard InChI is InChI=1S/C10H13N3O/c1-8(7-12-2)14-10-3-4-13-9(5-10)6-11/h3-5,8,12H,7H2,1-2H3. The molecule has 0 fully saturated rings. The minimum Gasteiger partial charge on any atom is -0.489 e. The minimum atomic E-state index is 0.0777. The molecule has 0 saturated heterocycles. The van der Waals surface area contributed by atoms with E-state index in [1.54, 1.807) is 18.3 Å². The van der Waals surface area contributed by atoms with Gasteiger partial charge in [0.2, 0.25) is 0 Å². The Labute approximate surface area is 83.5 Å². The van der Waals surface area contributed by atoms with Gasteiger partial charge in [0.1, 0.15) is 23.6 Å². The Hall–Kier alpha value is -1.60. The van der Waals surface area contributed by atoms with E-state index in [1.165, 1.54) is 0 Å². The lowest BCUT2D eigenvalue weighted by molar-refractivity contribution is 0.220. The Morgan fingerprint density at radius 2 is 2.50 bits per heavy atom. The number of likely N-dealkylation sites (N-methyl/N-ethyl adjacent to an activating group) is 1. The third-order valence-electron chi connectivity index (χ3n) is 1.67. The molecule has 0 spiro atoms. The lowest BCUT2D eigenvalue weighted by Gasteiger charge is -2.13. The first kappa shape index (κ1) is 10.5. The molecule has 14 heavy (non-hydrogen) atoms. The lowest BCUT2D eigenvalue weighted by atomic mass is 10.3. The van der Waals surface area contributed by atoms with Gasteiger partial charge >= 0.3 is 0 Å². The topological polar surface area (TPSA) is 57.9 Å². The largest absolute Gasteiger partial charge is 0.489 e. The average molecular weight is 191 g/mol. The quantitative estimate of drug-likeness (QED) is 0.769. The second-order valence-corrected chi connectivity index (χ2v) is 2.97. The van der Waals surface area contributed by atoms with E-state index >= 15 is 0 Å². The van der Waals surface area contributed by atoms with Crippen molar-refractivity contribution in [1.29, 1.82) is 5.26 Å². The Bertz CT molecular complexity index is 332. The van der Waals surface area contributed by atoms with E-state index < -0.39 is 0 Å². The zero-order chi connectivity index (χ0) is 10.4. The van der Waals surface area contributed by atoms with Crippen LogP contribution in [-0.2, 0) is 0 Å². The van der Waals surface area contributed by atoms with Gasteiger partial charge in [-0.15, -0.1) is 0 Å². The molecule has 1 aromatic heterocycles. The van der Waals surface area contributed by atoms with Crippen molar-refractivity contribution in [1.82, 2.24) is 10.3 Å². The smallest absolute Gasteiger partial charge is 0.144 e. The molecule has 0 bridgehead atoms. The van der Waals surface area contributed by atoms with E-state index in [9.17, 15) is 0 Å². The van der Waals surface area contributed by atoms with Gasteiger partial charge in [0, 0.05) is 18.8 Å². The molecule has 4 heteroatoms. The van der Waals surface area contributed by atoms with Crippen molar-refractivity contribution in [2.24, 2.45) is 0 Å². The molecule has 0 saturated carbocycles. The van der Waals surface area contributed by atoms with Crippen LogP contribution in [0.5, 0.6) is 5.75 Å². The van der Waals surface area contributed by atoms with Crippen LogP contribution in [0, 0.1) is 11.3 Å². The normalized spacial score (nSPS) is 11.8. The van der Waals surface area contributed by atoms with Crippen LogP contribution >= 0.6 is 0 Å². The molecule has 1 N–H and O–H groups in total. The van der Waals surface area contributed by atoms with Crippen LogP contribution in [0.25, 0.3) is 0 Å². The summed E-state index contributed by atoms with van der Waals surface area (Å²) in [5, 5.41) is 11.6. The van der Waals surface area contributed by atoms with Crippen molar-refractivity contribution >= 4 is 0 Å². The maximum atomic E-state index is 8.62. The Morgan fingerprint density at radius 1 is 1.71 bits per heavy atom. The zero-order valence-corrected chi connectivity index (χ0v) is 8.32. The highest BCUT2D eigenvalue weighted by Crippen LogP contribution is 2.11. The molecule has 74 valence electrons. The molecule has 0 aliphatic heterocycles. The summed E-state index contributed by atoms with van der Waals surface area (Å²) < 4.78 is 5.54. The van der Waals surface area contributed by atoms with Crippen molar-refractivity contribution in [3.8, 4) is 11.8 Å². The van der Waals surface area contributed by atoms with Crippen LogP contribution in [0.15, 0.2) is 18.3 Å². The van der Waals surface area contributed by atoms with Crippen LogP contribution in [0.4, 0.5) is 0 Å². The van der Waals surface area contributed by atoms with Crippen molar-refractivity contribution in [3.63, 3.8) is 0 Å². The van der Waals surface area contributed by atoms with E-state index in [1.807, 2.05) is 20.0 Å². The number of nitrogens with zero attached hydrogens (tertiary/aromatic N) is 2. The molecule has 0 aliphatic rings. The van der Waals surface area contributed by atoms with E-state index in [0.29, 0.717) is 11.4 Å². The maximum Gasteiger partial charge on any atom is 0.144 e. The van der Waals surface area contributed by atoms with Crippen LogP contribution in [-0.4, -0.2) is 24.7 Å². The molecular weight excluding hydrogens is 178 g/mol. The van der Waals surface area contributed by atoms with Crippen LogP contribution in [0.3, 0.4) is 0 Å². The minimum absolute atomic E-state index is 0.0777. The van der Waals surface area contributed by atoms with Gasteiger partial charge in [-0.25, -0.2) is 4.98 Å². The molecule has 1 aromatic rings. The summed E-state index contributed by atoms with van der Waals surface area (Å²) in [6.45, 7) is 2.73. The SMILES string of the molecule is CNCC(C)Oc1ccnc(C#N)c1. The lowest BCUT2D eigenvalue weighted by Crippen LogP contribution is -2.26. The summed E-state index contributed by atoms with van der Waals surface area (Å²) in [7, 11) is 1.87. The number of aromatic nitrogens is 1. The zero-order valence-electron chi connectivity index (χ0n) is 8.32. The molecule has 1 atom stereocenters. The highest BCUT2D eigenvalue weighted by Gasteiger charge is 2.03. The predicted molar refractivity (Wildman–Crippen MR) is 53.0 cm³/mol. The summed E-state index contributed by atoms with van der Waals surface area (Å²) in [5.74, 6) is 0.680. The van der Waals surface area contributed by atoms with Gasteiger partial charge in [-0.3, -0.25) is 0 Å². The fraction of sp³-hybridized carbons (Fsp3) is 0.400. The van der Waals surface area contributed by atoms with Crippen LogP contribution in [0.2, 0.25) is 0 Å². The summed E-state index contributed by atoms with van der Waals surface area (Å²) in [5.41, 5.74) is 0.374. The second-order valence-electron chi connectivity index (χ2n) is 2.97. The first-order valence-corrected chi connectivity index (χ1v) is 4.43. The Balaban J connectivity index is 2.63. The Morgan fingerprint density at radius 3 is 3.14 bits per heavy atom. The first-order valence-electron chi connectivity index (χ1n) is 4.43. The fourth-order valence-electron chi connectivity index (χ4n) is 1.11. The average Bonchev–Trinajstić information content (AvgIpc) is 2.18. The van der Waals surface area contributed by atoms with Gasteiger partial charge in [0.25, 0.3) is 0 Å². The molecule has 4 nitrogen and oxygen atoms in total. The summed E-state index contributed by atoms with van der Waals surface area (Å²) in [6, 6.07) is 5.34. The van der Waals surface area contributed by atoms with Gasteiger partial charge < -0.3 is 10.1 Å². The summed E-state index contributed by atoms with van der Waals surface area (Å²) in [4.78, 5) is 3.85. The van der Waals surface area contributed by atoms with Gasteiger partial charge in [-0.2, -0.15) is 5.26 Å². The molecule has 0 aromatic carbocycles. The van der Waals surface area contributed by atoms with Crippen LogP contribution < -0.4 is 10.1 Å². The molecule has 1 rings (SSSR count). The van der Waals surface area contributed by atoms with Gasteiger partial charge in [0.05, 0.1) is 0 Å². The highest BCUT2D eigenvalue weighted by molar-refractivity contribution is 5.29. The van der Waals surface area contributed by atoms with Gasteiger partial charge in [-0.1, -0.05) is 0 Å². The van der Waals surface area contributed by atoms with E-state index in [0.717, 1.165) is 6.54 Å². The third-order valence-corrected chi connectivity index (χ3v) is 1.67. The number of nitrogens with one attached hydrogen (secondary N) is 1. The molecular formula is C10H13N3O. The molecule has 1 heterocycles. The van der Waals surface area contributed by atoms with E-state index in [2.05, 4.69) is 10.3 Å². The number of pyridine rings is 1. The molecule has 1 unspecified atom stereocenters. The molecule has 0 aliphatic carbocycles. The number of ether oxygens (including phenoxy) is 1. The predicted octanol–water partition coefficient (Wildman–Crippen LogP) is 0.940. The second kappa shape index (κ2) is 5.20. The fourth-order valence-corrected chi connectivity index (χ4v) is 1.11. The van der Waals surface area contributed by atoms with Gasteiger partial charge in [-0.05, 0) is 20.0 Å². The van der Waals surface area contributed by atoms with Crippen molar-refractivity contribution in [2.45, 2.75) is 13.0 Å². The third kappa shape index (κ3) is 3.04. The highest BCUT2D eigenvalue weighted by atomic mass is 16.5. The first-order chi connectivity index (χ1) is 6.76. The Kier molecular flexibility index (Phi) is 3.89. The number of hydrogen-bond donors (Lipinski definition) is 1. The van der Waals surface area contributed by atoms with Crippen molar-refractivity contribution < 1.29 is 4.74 Å². The summed E-state index contributed by atoms with van der Waals surface area (Å²) >= 11 is 0.